The Bertz CT molecular complexity index is 1240. The summed E-state index contributed by atoms with van der Waals surface area (Å²) in [6, 6.07) is 25.6. The fourth-order valence-corrected chi connectivity index (χ4v) is 5.02. The van der Waals surface area contributed by atoms with Gasteiger partial charge < -0.3 is 40.8 Å². The molecule has 226 valence electrons. The van der Waals surface area contributed by atoms with Crippen LogP contribution in [0.1, 0.15) is 43.6 Å². The Hall–Kier alpha value is -3.76. The maximum atomic E-state index is 12.9. The van der Waals surface area contributed by atoms with Crippen LogP contribution in [0.15, 0.2) is 91.0 Å². The summed E-state index contributed by atoms with van der Waals surface area (Å²) in [6.45, 7) is 5.20. The maximum absolute atomic E-state index is 12.9. The average molecular weight is 577 g/mol. The third-order valence-electron chi connectivity index (χ3n) is 7.14. The fourth-order valence-electron chi connectivity index (χ4n) is 5.02. The second-order valence-corrected chi connectivity index (χ2v) is 11.5. The van der Waals surface area contributed by atoms with Crippen molar-refractivity contribution in [1.82, 2.24) is 15.5 Å². The lowest BCUT2D eigenvalue weighted by molar-refractivity contribution is -0.275. The Morgan fingerprint density at radius 1 is 0.762 bits per heavy atom. The molecule has 9 nitrogen and oxygen atoms in total. The largest absolute Gasteiger partial charge is 0.530 e. The number of amides is 2. The first-order valence-corrected chi connectivity index (χ1v) is 14.2. The van der Waals surface area contributed by atoms with Crippen LogP contribution in [0.3, 0.4) is 0 Å². The zero-order chi connectivity index (χ0) is 30.7. The first kappa shape index (κ1) is 32.8. The lowest BCUT2D eigenvalue weighted by atomic mass is 9.94. The zero-order valence-corrected chi connectivity index (χ0v) is 24.4. The van der Waals surface area contributed by atoms with Crippen molar-refractivity contribution in [2.45, 2.75) is 69.5 Å². The predicted molar refractivity (Wildman–Crippen MR) is 159 cm³/mol. The molecule has 0 radical (unpaired) electrons. The van der Waals surface area contributed by atoms with Gasteiger partial charge in [-0.15, -0.1) is 0 Å². The second-order valence-electron chi connectivity index (χ2n) is 11.5. The van der Waals surface area contributed by atoms with Gasteiger partial charge in [0.2, 0.25) is 0 Å². The molecule has 9 heteroatoms. The second kappa shape index (κ2) is 15.5. The molecular formula is C33H42N3O6-. The quantitative estimate of drug-likeness (QED) is 0.197. The summed E-state index contributed by atoms with van der Waals surface area (Å²) in [5.74, 6) is -0.640. The predicted octanol–water partition coefficient (Wildman–Crippen LogP) is 1.81. The van der Waals surface area contributed by atoms with Crippen molar-refractivity contribution in [3.05, 3.63) is 108 Å². The smallest absolute Gasteiger partial charge is 0.253 e. The Labute approximate surface area is 247 Å². The van der Waals surface area contributed by atoms with Crippen LogP contribution >= 0.6 is 0 Å². The molecule has 0 bridgehead atoms. The molecule has 3 rings (SSSR count). The average Bonchev–Trinajstić information content (AvgIpc) is 2.96. The van der Waals surface area contributed by atoms with Crippen molar-refractivity contribution in [3.8, 4) is 0 Å². The van der Waals surface area contributed by atoms with E-state index in [1.165, 1.54) is 0 Å². The van der Waals surface area contributed by atoms with Gasteiger partial charge in [-0.1, -0.05) is 91.0 Å². The molecule has 3 aromatic carbocycles. The van der Waals surface area contributed by atoms with Crippen molar-refractivity contribution in [2.24, 2.45) is 0 Å². The van der Waals surface area contributed by atoms with Gasteiger partial charge >= 0.3 is 0 Å². The van der Waals surface area contributed by atoms with E-state index in [1.807, 2.05) is 60.7 Å². The van der Waals surface area contributed by atoms with Gasteiger partial charge in [-0.25, -0.2) is 0 Å². The van der Waals surface area contributed by atoms with Crippen LogP contribution in [-0.2, 0) is 17.6 Å². The number of hydrogen-bond donors (Lipinski definition) is 5. The lowest BCUT2D eigenvalue weighted by Crippen LogP contribution is -2.62. The summed E-state index contributed by atoms with van der Waals surface area (Å²) in [5, 5.41) is 50.9. The Balaban J connectivity index is 1.71. The topological polar surface area (TPSA) is 145 Å². The molecule has 0 unspecified atom stereocenters. The minimum absolute atomic E-state index is 0.00479. The van der Waals surface area contributed by atoms with Crippen molar-refractivity contribution >= 4 is 12.0 Å². The van der Waals surface area contributed by atoms with E-state index in [0.29, 0.717) is 12.0 Å². The Morgan fingerprint density at radius 3 is 1.74 bits per heavy atom. The van der Waals surface area contributed by atoms with Gasteiger partial charge in [0, 0.05) is 18.6 Å². The van der Waals surface area contributed by atoms with Crippen molar-refractivity contribution in [2.75, 3.05) is 13.1 Å². The molecule has 0 saturated heterocycles. The van der Waals surface area contributed by atoms with Gasteiger partial charge in [0.25, 0.3) is 5.91 Å². The summed E-state index contributed by atoms with van der Waals surface area (Å²) in [7, 11) is 0. The molecule has 42 heavy (non-hydrogen) atoms. The van der Waals surface area contributed by atoms with E-state index in [0.717, 1.165) is 16.0 Å². The molecule has 3 aromatic rings. The van der Waals surface area contributed by atoms with Gasteiger partial charge in [-0.3, -0.25) is 4.79 Å². The number of rotatable bonds is 14. The number of nitrogens with one attached hydrogen (secondary N) is 2. The molecule has 2 amide bonds. The molecule has 0 saturated carbocycles. The number of aliphatic hydroxyl groups is 3. The normalized spacial score (nSPS) is 15.2. The lowest BCUT2D eigenvalue weighted by Gasteiger charge is -2.45. The number of carbonyl (C=O) groups excluding carboxylic acids is 2. The van der Waals surface area contributed by atoms with Crippen LogP contribution in [-0.4, -0.2) is 75.1 Å². The molecule has 0 aliphatic heterocycles. The summed E-state index contributed by atoms with van der Waals surface area (Å²) < 4.78 is 0. The SMILES string of the molecule is CC(C)(C)N(C(=O)[O-])[C@@H](Cc1ccccc1)[C@H](O)CNC[C@@H](O)[C@H](Cc1ccccc1)NC(=O)[C@H](O)c1ccccc1. The van der Waals surface area contributed by atoms with Gasteiger partial charge in [-0.05, 0) is 50.3 Å². The number of hydrogen-bond acceptors (Lipinski definition) is 7. The van der Waals surface area contributed by atoms with E-state index in [1.54, 1.807) is 51.1 Å². The summed E-state index contributed by atoms with van der Waals surface area (Å²) in [4.78, 5) is 26.3. The number of carboxylic acid groups (broad SMARTS) is 1. The number of nitrogens with zero attached hydrogens (tertiary/aromatic N) is 1. The van der Waals surface area contributed by atoms with Crippen molar-refractivity contribution in [3.63, 3.8) is 0 Å². The van der Waals surface area contributed by atoms with Crippen molar-refractivity contribution < 1.29 is 30.0 Å². The Kier molecular flexibility index (Phi) is 12.1. The number of aliphatic hydroxyl groups excluding tert-OH is 3. The van der Waals surface area contributed by atoms with E-state index in [-0.39, 0.29) is 19.5 Å². The van der Waals surface area contributed by atoms with Crippen LogP contribution in [0.4, 0.5) is 4.79 Å². The van der Waals surface area contributed by atoms with Gasteiger partial charge in [0.05, 0.1) is 24.3 Å². The maximum Gasteiger partial charge on any atom is 0.253 e. The molecule has 0 aromatic heterocycles. The van der Waals surface area contributed by atoms with E-state index < -0.39 is 47.9 Å². The van der Waals surface area contributed by atoms with Crippen LogP contribution in [0.25, 0.3) is 0 Å². The van der Waals surface area contributed by atoms with Crippen LogP contribution in [0, 0.1) is 0 Å². The highest BCUT2D eigenvalue weighted by Gasteiger charge is 2.34. The number of benzene rings is 3. The van der Waals surface area contributed by atoms with Crippen LogP contribution < -0.4 is 15.7 Å². The van der Waals surface area contributed by atoms with Gasteiger partial charge in [0.15, 0.2) is 6.10 Å². The van der Waals surface area contributed by atoms with Crippen LogP contribution in [0.5, 0.6) is 0 Å². The third-order valence-corrected chi connectivity index (χ3v) is 7.14. The highest BCUT2D eigenvalue weighted by Crippen LogP contribution is 2.22. The highest BCUT2D eigenvalue weighted by molar-refractivity contribution is 5.82. The molecule has 0 heterocycles. The van der Waals surface area contributed by atoms with Crippen molar-refractivity contribution in [1.29, 1.82) is 0 Å². The minimum atomic E-state index is -1.40. The Morgan fingerprint density at radius 2 is 1.24 bits per heavy atom. The third kappa shape index (κ3) is 9.66. The van der Waals surface area contributed by atoms with Gasteiger partial charge in [-0.2, -0.15) is 0 Å². The first-order valence-electron chi connectivity index (χ1n) is 14.2. The monoisotopic (exact) mass is 576 g/mol. The molecule has 5 N–H and O–H groups in total. The molecular weight excluding hydrogens is 534 g/mol. The van der Waals surface area contributed by atoms with E-state index in [4.69, 9.17) is 0 Å². The molecule has 5 atom stereocenters. The van der Waals surface area contributed by atoms with Gasteiger partial charge in [0.1, 0.15) is 6.09 Å². The molecule has 0 aliphatic carbocycles. The van der Waals surface area contributed by atoms with E-state index >= 15 is 0 Å². The molecule has 0 fully saturated rings. The standard InChI is InChI=1S/C33H43N3O6/c1-33(2,3)36(32(41)42)27(20-24-15-9-5-10-16-24)29(38)22-34-21-28(37)26(19-23-13-7-4-8-14-23)35-31(40)30(39)25-17-11-6-12-18-25/h4-18,26-30,34,37-39H,19-22H2,1-3H3,(H,35,40)(H,41,42)/p-1/t26-,27-,28+,29+,30+/m0/s1. The highest BCUT2D eigenvalue weighted by atomic mass is 16.4. The zero-order valence-electron chi connectivity index (χ0n) is 24.4. The minimum Gasteiger partial charge on any atom is -0.530 e. The summed E-state index contributed by atoms with van der Waals surface area (Å²) in [5.41, 5.74) is 1.35. The van der Waals surface area contributed by atoms with E-state index in [2.05, 4.69) is 10.6 Å². The fraction of sp³-hybridized carbons (Fsp3) is 0.394. The van der Waals surface area contributed by atoms with Crippen LogP contribution in [0.2, 0.25) is 0 Å². The van der Waals surface area contributed by atoms with E-state index in [9.17, 15) is 30.0 Å². The summed E-state index contributed by atoms with van der Waals surface area (Å²) in [6.07, 6.45) is -4.43. The summed E-state index contributed by atoms with van der Waals surface area (Å²) >= 11 is 0. The first-order chi connectivity index (χ1) is 20.0. The molecule has 0 aliphatic rings. The number of carbonyl (C=O) groups is 2. The molecule has 0 spiro atoms.